The molecule has 1 heterocycles. The highest BCUT2D eigenvalue weighted by atomic mass is 35.5. The van der Waals surface area contributed by atoms with Crippen molar-refractivity contribution in [1.29, 1.82) is 0 Å². The third-order valence-corrected chi connectivity index (χ3v) is 3.78. The largest absolute Gasteiger partial charge is 0.398 e. The van der Waals surface area contributed by atoms with Crippen LogP contribution in [0.15, 0.2) is 54.9 Å². The molecule has 0 amide bonds. The van der Waals surface area contributed by atoms with E-state index < -0.39 is 0 Å². The number of anilines is 2. The minimum absolute atomic E-state index is 0.748. The van der Waals surface area contributed by atoms with Crippen LogP contribution in [0.4, 0.5) is 11.4 Å². The van der Waals surface area contributed by atoms with Crippen LogP contribution in [-0.2, 0) is 6.54 Å². The van der Waals surface area contributed by atoms with E-state index in [0.29, 0.717) is 0 Å². The van der Waals surface area contributed by atoms with E-state index in [1.165, 1.54) is 5.56 Å². The molecular weight excluding hydrogens is 282 g/mol. The molecule has 21 heavy (non-hydrogen) atoms. The standard InChI is InChI=1S/C17H16ClN3/c1-21(11-12-3-2-4-13(18)9-12)17-6-5-16(19)15-10-20-8-7-14(15)17/h2-10H,11,19H2,1H3. The van der Waals surface area contributed by atoms with Crippen LogP contribution in [-0.4, -0.2) is 12.0 Å². The van der Waals surface area contributed by atoms with Crippen molar-refractivity contribution in [2.45, 2.75) is 6.54 Å². The molecule has 2 N–H and O–H groups in total. The van der Waals surface area contributed by atoms with Crippen LogP contribution in [0.2, 0.25) is 5.02 Å². The molecular formula is C17H16ClN3. The summed E-state index contributed by atoms with van der Waals surface area (Å²) in [5, 5.41) is 2.84. The summed E-state index contributed by atoms with van der Waals surface area (Å²) in [5.41, 5.74) is 9.07. The van der Waals surface area contributed by atoms with E-state index in [-0.39, 0.29) is 0 Å². The average Bonchev–Trinajstić information content (AvgIpc) is 2.48. The SMILES string of the molecule is CN(Cc1cccc(Cl)c1)c1ccc(N)c2cnccc12. The Morgan fingerprint density at radius 1 is 1.14 bits per heavy atom. The van der Waals surface area contributed by atoms with Crippen molar-refractivity contribution in [2.24, 2.45) is 0 Å². The van der Waals surface area contributed by atoms with Crippen molar-refractivity contribution in [3.05, 3.63) is 65.4 Å². The fourth-order valence-electron chi connectivity index (χ4n) is 2.52. The van der Waals surface area contributed by atoms with Crippen LogP contribution < -0.4 is 10.6 Å². The smallest absolute Gasteiger partial charge is 0.0448 e. The van der Waals surface area contributed by atoms with Crippen molar-refractivity contribution in [3.8, 4) is 0 Å². The minimum atomic E-state index is 0.748. The Bertz CT molecular complexity index is 786. The molecule has 2 aromatic carbocycles. The summed E-state index contributed by atoms with van der Waals surface area (Å²) < 4.78 is 0. The van der Waals surface area contributed by atoms with Gasteiger partial charge in [-0.3, -0.25) is 4.98 Å². The third kappa shape index (κ3) is 2.78. The van der Waals surface area contributed by atoms with Gasteiger partial charge in [0.25, 0.3) is 0 Å². The van der Waals surface area contributed by atoms with Crippen LogP contribution >= 0.6 is 11.6 Å². The first-order valence-corrected chi connectivity index (χ1v) is 7.11. The Labute approximate surface area is 129 Å². The Morgan fingerprint density at radius 3 is 2.81 bits per heavy atom. The van der Waals surface area contributed by atoms with Crippen molar-refractivity contribution in [2.75, 3.05) is 17.7 Å². The van der Waals surface area contributed by atoms with Gasteiger partial charge in [-0.2, -0.15) is 0 Å². The summed E-state index contributed by atoms with van der Waals surface area (Å²) in [4.78, 5) is 6.34. The molecule has 3 nitrogen and oxygen atoms in total. The van der Waals surface area contributed by atoms with Gasteiger partial charge in [-0.1, -0.05) is 23.7 Å². The second-order valence-electron chi connectivity index (χ2n) is 5.08. The van der Waals surface area contributed by atoms with Gasteiger partial charge in [0.05, 0.1) is 0 Å². The summed E-state index contributed by atoms with van der Waals surface area (Å²) in [6.45, 7) is 0.780. The number of pyridine rings is 1. The van der Waals surface area contributed by atoms with Gasteiger partial charge in [-0.05, 0) is 35.9 Å². The lowest BCUT2D eigenvalue weighted by molar-refractivity contribution is 0.928. The fourth-order valence-corrected chi connectivity index (χ4v) is 2.74. The number of nitrogens with zero attached hydrogens (tertiary/aromatic N) is 2. The zero-order chi connectivity index (χ0) is 14.8. The third-order valence-electron chi connectivity index (χ3n) is 3.55. The summed E-state index contributed by atoms with van der Waals surface area (Å²) in [6.07, 6.45) is 3.60. The van der Waals surface area contributed by atoms with Crippen LogP contribution in [0.25, 0.3) is 10.8 Å². The molecule has 4 heteroatoms. The van der Waals surface area contributed by atoms with Crippen molar-refractivity contribution >= 4 is 33.7 Å². The monoisotopic (exact) mass is 297 g/mol. The maximum absolute atomic E-state index is 6.05. The van der Waals surface area contributed by atoms with E-state index in [4.69, 9.17) is 17.3 Å². The summed E-state index contributed by atoms with van der Waals surface area (Å²) in [5.74, 6) is 0. The van der Waals surface area contributed by atoms with Gasteiger partial charge in [-0.25, -0.2) is 0 Å². The first-order valence-electron chi connectivity index (χ1n) is 6.73. The van der Waals surface area contributed by atoms with Gasteiger partial charge in [0.2, 0.25) is 0 Å². The zero-order valence-corrected chi connectivity index (χ0v) is 12.5. The lowest BCUT2D eigenvalue weighted by Crippen LogP contribution is -2.16. The van der Waals surface area contributed by atoms with E-state index in [0.717, 1.165) is 33.7 Å². The zero-order valence-electron chi connectivity index (χ0n) is 11.8. The van der Waals surface area contributed by atoms with E-state index in [9.17, 15) is 0 Å². The number of rotatable bonds is 3. The fraction of sp³-hybridized carbons (Fsp3) is 0.118. The highest BCUT2D eigenvalue weighted by molar-refractivity contribution is 6.30. The van der Waals surface area contributed by atoms with Gasteiger partial charge in [-0.15, -0.1) is 0 Å². The highest BCUT2D eigenvalue weighted by Gasteiger charge is 2.09. The molecule has 0 aliphatic heterocycles. The van der Waals surface area contributed by atoms with E-state index in [1.807, 2.05) is 36.4 Å². The predicted molar refractivity (Wildman–Crippen MR) is 89.7 cm³/mol. The molecule has 0 fully saturated rings. The van der Waals surface area contributed by atoms with Crippen molar-refractivity contribution < 1.29 is 0 Å². The number of benzene rings is 2. The average molecular weight is 298 g/mol. The number of nitrogen functional groups attached to an aromatic ring is 1. The van der Waals surface area contributed by atoms with Crippen molar-refractivity contribution in [1.82, 2.24) is 4.98 Å². The van der Waals surface area contributed by atoms with Crippen LogP contribution in [0.1, 0.15) is 5.56 Å². The van der Waals surface area contributed by atoms with E-state index in [1.54, 1.807) is 12.4 Å². The molecule has 0 unspecified atom stereocenters. The predicted octanol–water partition coefficient (Wildman–Crippen LogP) is 4.11. The summed E-state index contributed by atoms with van der Waals surface area (Å²) >= 11 is 6.05. The highest BCUT2D eigenvalue weighted by Crippen LogP contribution is 2.30. The molecule has 0 bridgehead atoms. The molecule has 0 spiro atoms. The first-order chi connectivity index (χ1) is 10.1. The number of hydrogen-bond donors (Lipinski definition) is 1. The van der Waals surface area contributed by atoms with E-state index >= 15 is 0 Å². The summed E-state index contributed by atoms with van der Waals surface area (Å²) in [7, 11) is 2.06. The topological polar surface area (TPSA) is 42.1 Å². The summed E-state index contributed by atoms with van der Waals surface area (Å²) in [6, 6.07) is 13.9. The molecule has 3 aromatic rings. The number of fused-ring (bicyclic) bond motifs is 1. The van der Waals surface area contributed by atoms with Crippen LogP contribution in [0.5, 0.6) is 0 Å². The molecule has 0 saturated heterocycles. The molecule has 106 valence electrons. The van der Waals surface area contributed by atoms with Crippen LogP contribution in [0, 0.1) is 0 Å². The Kier molecular flexibility index (Phi) is 3.67. The van der Waals surface area contributed by atoms with Gasteiger partial charge in [0.15, 0.2) is 0 Å². The minimum Gasteiger partial charge on any atom is -0.398 e. The van der Waals surface area contributed by atoms with Crippen LogP contribution in [0.3, 0.4) is 0 Å². The maximum atomic E-state index is 6.05. The first kappa shape index (κ1) is 13.7. The second kappa shape index (κ2) is 5.62. The molecule has 0 radical (unpaired) electrons. The molecule has 0 aliphatic rings. The Hall–Kier alpha value is -2.26. The quantitative estimate of drug-likeness (QED) is 0.740. The lowest BCUT2D eigenvalue weighted by atomic mass is 10.1. The molecule has 1 aromatic heterocycles. The van der Waals surface area contributed by atoms with Gasteiger partial charge in [0.1, 0.15) is 0 Å². The second-order valence-corrected chi connectivity index (χ2v) is 5.52. The Balaban J connectivity index is 1.98. The van der Waals surface area contributed by atoms with E-state index in [2.05, 4.69) is 23.0 Å². The van der Waals surface area contributed by atoms with Gasteiger partial charge in [0, 0.05) is 53.2 Å². The number of hydrogen-bond acceptors (Lipinski definition) is 3. The molecule has 3 rings (SSSR count). The Morgan fingerprint density at radius 2 is 2.00 bits per heavy atom. The number of halogens is 1. The molecule has 0 aliphatic carbocycles. The number of nitrogens with two attached hydrogens (primary N) is 1. The molecule has 0 atom stereocenters. The maximum Gasteiger partial charge on any atom is 0.0448 e. The molecule has 0 saturated carbocycles. The normalized spacial score (nSPS) is 10.8. The van der Waals surface area contributed by atoms with Gasteiger partial charge >= 0.3 is 0 Å². The number of aromatic nitrogens is 1. The van der Waals surface area contributed by atoms with Gasteiger partial charge < -0.3 is 10.6 Å². The van der Waals surface area contributed by atoms with Crippen molar-refractivity contribution in [3.63, 3.8) is 0 Å². The lowest BCUT2D eigenvalue weighted by Gasteiger charge is -2.22.